The molecule has 100 valence electrons. The number of H-pyrrole nitrogens is 1. The molecule has 0 saturated heterocycles. The SMILES string of the molecule is CCc1cc(C(=O)N[C@@H](CC(C)C)C(=O)O)n[nH]1. The smallest absolute Gasteiger partial charge is 0.326 e. The number of carbonyl (C=O) groups excluding carboxylic acids is 1. The first-order chi connectivity index (χ1) is 8.43. The average molecular weight is 253 g/mol. The van der Waals surface area contributed by atoms with Crippen molar-refractivity contribution in [3.63, 3.8) is 0 Å². The van der Waals surface area contributed by atoms with E-state index < -0.39 is 17.9 Å². The van der Waals surface area contributed by atoms with Gasteiger partial charge in [-0.05, 0) is 24.8 Å². The van der Waals surface area contributed by atoms with Crippen molar-refractivity contribution in [2.45, 2.75) is 39.7 Å². The van der Waals surface area contributed by atoms with Crippen LogP contribution in [-0.4, -0.2) is 33.2 Å². The lowest BCUT2D eigenvalue weighted by molar-refractivity contribution is -0.139. The van der Waals surface area contributed by atoms with Crippen LogP contribution in [0.15, 0.2) is 6.07 Å². The number of aromatic nitrogens is 2. The number of carboxylic acids is 1. The van der Waals surface area contributed by atoms with Gasteiger partial charge in [0, 0.05) is 5.69 Å². The van der Waals surface area contributed by atoms with E-state index in [0.717, 1.165) is 12.1 Å². The highest BCUT2D eigenvalue weighted by Gasteiger charge is 2.22. The third-order valence-electron chi connectivity index (χ3n) is 2.55. The van der Waals surface area contributed by atoms with Crippen LogP contribution in [0.5, 0.6) is 0 Å². The molecule has 0 bridgehead atoms. The summed E-state index contributed by atoms with van der Waals surface area (Å²) in [6.45, 7) is 5.76. The topological polar surface area (TPSA) is 95.1 Å². The second-order valence-electron chi connectivity index (χ2n) is 4.63. The Morgan fingerprint density at radius 2 is 2.17 bits per heavy atom. The van der Waals surface area contributed by atoms with E-state index in [1.807, 2.05) is 20.8 Å². The molecule has 0 aromatic carbocycles. The third kappa shape index (κ3) is 3.87. The van der Waals surface area contributed by atoms with E-state index in [-0.39, 0.29) is 11.6 Å². The van der Waals surface area contributed by atoms with E-state index in [1.165, 1.54) is 0 Å². The highest BCUT2D eigenvalue weighted by Crippen LogP contribution is 2.07. The molecular formula is C12H19N3O3. The molecule has 0 unspecified atom stereocenters. The van der Waals surface area contributed by atoms with Crippen LogP contribution in [-0.2, 0) is 11.2 Å². The molecule has 0 spiro atoms. The van der Waals surface area contributed by atoms with Gasteiger partial charge in [0.05, 0.1) is 0 Å². The molecule has 1 rings (SSSR count). The van der Waals surface area contributed by atoms with Gasteiger partial charge in [-0.2, -0.15) is 5.10 Å². The van der Waals surface area contributed by atoms with Gasteiger partial charge in [0.15, 0.2) is 0 Å². The predicted octanol–water partition coefficient (Wildman–Crippen LogP) is 1.20. The van der Waals surface area contributed by atoms with Gasteiger partial charge in [-0.3, -0.25) is 9.89 Å². The van der Waals surface area contributed by atoms with Crippen molar-refractivity contribution in [2.75, 3.05) is 0 Å². The lowest BCUT2D eigenvalue weighted by Gasteiger charge is -2.15. The van der Waals surface area contributed by atoms with Crippen LogP contribution in [0.2, 0.25) is 0 Å². The normalized spacial score (nSPS) is 12.4. The van der Waals surface area contributed by atoms with Crippen molar-refractivity contribution in [1.29, 1.82) is 0 Å². The number of nitrogens with one attached hydrogen (secondary N) is 2. The molecule has 0 aliphatic carbocycles. The Kier molecular flexibility index (Phi) is 4.88. The molecule has 6 heteroatoms. The summed E-state index contributed by atoms with van der Waals surface area (Å²) in [6, 6.07) is 0.753. The van der Waals surface area contributed by atoms with E-state index >= 15 is 0 Å². The molecule has 1 atom stereocenters. The van der Waals surface area contributed by atoms with E-state index in [1.54, 1.807) is 6.07 Å². The maximum Gasteiger partial charge on any atom is 0.326 e. The van der Waals surface area contributed by atoms with Crippen molar-refractivity contribution in [2.24, 2.45) is 5.92 Å². The Morgan fingerprint density at radius 3 is 2.61 bits per heavy atom. The van der Waals surface area contributed by atoms with Gasteiger partial charge in [-0.15, -0.1) is 0 Å². The Balaban J connectivity index is 2.69. The highest BCUT2D eigenvalue weighted by atomic mass is 16.4. The molecule has 3 N–H and O–H groups in total. The Bertz CT molecular complexity index is 426. The number of rotatable bonds is 6. The zero-order chi connectivity index (χ0) is 13.7. The first-order valence-corrected chi connectivity index (χ1v) is 6.02. The summed E-state index contributed by atoms with van der Waals surface area (Å²) in [4.78, 5) is 22.8. The molecule has 1 heterocycles. The summed E-state index contributed by atoms with van der Waals surface area (Å²) in [6.07, 6.45) is 1.14. The third-order valence-corrected chi connectivity index (χ3v) is 2.55. The molecule has 0 saturated carbocycles. The Hall–Kier alpha value is -1.85. The van der Waals surface area contributed by atoms with Crippen LogP contribution in [0.1, 0.15) is 43.4 Å². The van der Waals surface area contributed by atoms with Gasteiger partial charge < -0.3 is 10.4 Å². The number of hydrogen-bond donors (Lipinski definition) is 3. The summed E-state index contributed by atoms with van der Waals surface area (Å²) >= 11 is 0. The minimum atomic E-state index is -1.02. The standard InChI is InChI=1S/C12H19N3O3/c1-4-8-6-9(15-14-8)11(16)13-10(12(17)18)5-7(2)3/h6-7,10H,4-5H2,1-3H3,(H,13,16)(H,14,15)(H,17,18)/t10-/m0/s1. The quantitative estimate of drug-likeness (QED) is 0.710. The van der Waals surface area contributed by atoms with Crippen molar-refractivity contribution in [1.82, 2.24) is 15.5 Å². The fraction of sp³-hybridized carbons (Fsp3) is 0.583. The van der Waals surface area contributed by atoms with E-state index in [0.29, 0.717) is 6.42 Å². The zero-order valence-electron chi connectivity index (χ0n) is 10.9. The summed E-state index contributed by atoms with van der Waals surface area (Å²) in [5.74, 6) is -1.29. The molecule has 1 amide bonds. The van der Waals surface area contributed by atoms with E-state index in [2.05, 4.69) is 15.5 Å². The van der Waals surface area contributed by atoms with Crippen LogP contribution < -0.4 is 5.32 Å². The molecule has 0 aliphatic rings. The molecule has 0 fully saturated rings. The van der Waals surface area contributed by atoms with Crippen molar-refractivity contribution in [3.8, 4) is 0 Å². The number of amides is 1. The maximum atomic E-state index is 11.8. The molecule has 6 nitrogen and oxygen atoms in total. The fourth-order valence-electron chi connectivity index (χ4n) is 1.58. The Morgan fingerprint density at radius 1 is 1.50 bits per heavy atom. The van der Waals surface area contributed by atoms with Gasteiger partial charge in [0.1, 0.15) is 11.7 Å². The summed E-state index contributed by atoms with van der Waals surface area (Å²) < 4.78 is 0. The average Bonchev–Trinajstić information content (AvgIpc) is 2.75. The van der Waals surface area contributed by atoms with Crippen molar-refractivity contribution < 1.29 is 14.7 Å². The summed E-state index contributed by atoms with van der Waals surface area (Å²) in [5, 5.41) is 18.1. The fourth-order valence-corrected chi connectivity index (χ4v) is 1.58. The van der Waals surface area contributed by atoms with Crippen LogP contribution in [0.25, 0.3) is 0 Å². The van der Waals surface area contributed by atoms with Gasteiger partial charge in [-0.25, -0.2) is 4.79 Å². The molecule has 1 aromatic heterocycles. The lowest BCUT2D eigenvalue weighted by atomic mass is 10.0. The first-order valence-electron chi connectivity index (χ1n) is 6.02. The van der Waals surface area contributed by atoms with Crippen LogP contribution in [0.4, 0.5) is 0 Å². The summed E-state index contributed by atoms with van der Waals surface area (Å²) in [5.41, 5.74) is 1.07. The van der Waals surface area contributed by atoms with E-state index in [9.17, 15) is 9.59 Å². The molecule has 0 aliphatic heterocycles. The first kappa shape index (κ1) is 14.2. The summed E-state index contributed by atoms with van der Waals surface area (Å²) in [7, 11) is 0. The van der Waals surface area contributed by atoms with Gasteiger partial charge in [0.25, 0.3) is 5.91 Å². The maximum absolute atomic E-state index is 11.8. The van der Waals surface area contributed by atoms with Crippen LogP contribution in [0, 0.1) is 5.92 Å². The number of aromatic amines is 1. The molecule has 0 radical (unpaired) electrons. The number of nitrogens with zero attached hydrogens (tertiary/aromatic N) is 1. The number of carbonyl (C=O) groups is 2. The lowest BCUT2D eigenvalue weighted by Crippen LogP contribution is -2.41. The zero-order valence-corrected chi connectivity index (χ0v) is 10.9. The number of aliphatic carboxylic acids is 1. The second-order valence-corrected chi connectivity index (χ2v) is 4.63. The predicted molar refractivity (Wildman–Crippen MR) is 66.3 cm³/mol. The van der Waals surface area contributed by atoms with Crippen molar-refractivity contribution in [3.05, 3.63) is 17.5 Å². The van der Waals surface area contributed by atoms with Gasteiger partial charge in [0.2, 0.25) is 0 Å². The van der Waals surface area contributed by atoms with Gasteiger partial charge >= 0.3 is 5.97 Å². The van der Waals surface area contributed by atoms with Crippen LogP contribution in [0.3, 0.4) is 0 Å². The van der Waals surface area contributed by atoms with Crippen molar-refractivity contribution >= 4 is 11.9 Å². The van der Waals surface area contributed by atoms with Crippen LogP contribution >= 0.6 is 0 Å². The van der Waals surface area contributed by atoms with Gasteiger partial charge in [-0.1, -0.05) is 20.8 Å². The molecule has 18 heavy (non-hydrogen) atoms. The molecular weight excluding hydrogens is 234 g/mol. The Labute approximate surface area is 106 Å². The number of carboxylic acid groups (broad SMARTS) is 1. The van der Waals surface area contributed by atoms with E-state index in [4.69, 9.17) is 5.11 Å². The second kappa shape index (κ2) is 6.18. The minimum absolute atomic E-state index is 0.191. The number of hydrogen-bond acceptors (Lipinski definition) is 3. The largest absolute Gasteiger partial charge is 0.480 e. The minimum Gasteiger partial charge on any atom is -0.480 e. The highest BCUT2D eigenvalue weighted by molar-refractivity contribution is 5.95. The monoisotopic (exact) mass is 253 g/mol. The molecule has 1 aromatic rings. The number of aryl methyl sites for hydroxylation is 1.